The number of carbonyl (C=O) groups excluding carboxylic acids is 2. The Morgan fingerprint density at radius 2 is 1.86 bits per heavy atom. The first-order valence-electron chi connectivity index (χ1n) is 8.81. The minimum Gasteiger partial charge on any atom is -0.342 e. The summed E-state index contributed by atoms with van der Waals surface area (Å²) in [6.45, 7) is 4.21. The van der Waals surface area contributed by atoms with E-state index in [2.05, 4.69) is 16.0 Å². The maximum absolute atomic E-state index is 12.3. The highest BCUT2D eigenvalue weighted by Gasteiger charge is 2.41. The number of nitrogens with one attached hydrogen (secondary N) is 4. The predicted octanol–water partition coefficient (Wildman–Crippen LogP) is 3.31. The van der Waals surface area contributed by atoms with E-state index in [0.29, 0.717) is 23.8 Å². The van der Waals surface area contributed by atoms with Gasteiger partial charge in [0, 0.05) is 17.3 Å². The third kappa shape index (κ3) is 4.61. The Kier molecular flexibility index (Phi) is 5.56. The number of halogens is 1. The van der Waals surface area contributed by atoms with Crippen molar-refractivity contribution < 1.29 is 9.59 Å². The summed E-state index contributed by atoms with van der Waals surface area (Å²) in [5.74, 6) is -0.0145. The number of hydrogen-bond donors (Lipinski definition) is 4. The molecule has 1 aliphatic rings. The molecule has 4 N–H and O–H groups in total. The Balaban J connectivity index is 1.53. The molecule has 1 saturated heterocycles. The largest absolute Gasteiger partial charge is 0.342 e. The molecule has 28 heavy (non-hydrogen) atoms. The van der Waals surface area contributed by atoms with Crippen molar-refractivity contribution in [3.05, 3.63) is 64.7 Å². The summed E-state index contributed by atoms with van der Waals surface area (Å²) >= 11 is 5.90. The van der Waals surface area contributed by atoms with Crippen molar-refractivity contribution in [3.8, 4) is 0 Å². The zero-order valence-corrected chi connectivity index (χ0v) is 16.4. The lowest BCUT2D eigenvalue weighted by Gasteiger charge is -2.17. The number of nitrogens with zero attached hydrogens (tertiary/aromatic N) is 1. The number of hydrogen-bond acceptors (Lipinski definition) is 3. The Morgan fingerprint density at radius 3 is 2.46 bits per heavy atom. The average Bonchev–Trinajstić information content (AvgIpc) is 2.83. The van der Waals surface area contributed by atoms with Gasteiger partial charge in [0.2, 0.25) is 0 Å². The Labute approximate surface area is 168 Å². The fourth-order valence-corrected chi connectivity index (χ4v) is 3.07. The first kappa shape index (κ1) is 19.7. The van der Waals surface area contributed by atoms with Gasteiger partial charge in [0.15, 0.2) is 5.96 Å². The molecule has 8 heteroatoms. The van der Waals surface area contributed by atoms with Crippen LogP contribution >= 0.6 is 11.6 Å². The van der Waals surface area contributed by atoms with E-state index >= 15 is 0 Å². The predicted molar refractivity (Wildman–Crippen MR) is 109 cm³/mol. The summed E-state index contributed by atoms with van der Waals surface area (Å²) < 4.78 is 0. The van der Waals surface area contributed by atoms with E-state index < -0.39 is 5.54 Å². The van der Waals surface area contributed by atoms with Gasteiger partial charge in [0.1, 0.15) is 5.54 Å². The third-order valence-electron chi connectivity index (χ3n) is 4.38. The maximum atomic E-state index is 12.3. The van der Waals surface area contributed by atoms with Crippen molar-refractivity contribution in [1.29, 1.82) is 5.41 Å². The van der Waals surface area contributed by atoms with Crippen LogP contribution in [-0.2, 0) is 17.9 Å². The van der Waals surface area contributed by atoms with Gasteiger partial charge in [-0.15, -0.1) is 0 Å². The van der Waals surface area contributed by atoms with Gasteiger partial charge >= 0.3 is 6.03 Å². The number of urea groups is 1. The molecule has 0 radical (unpaired) electrons. The lowest BCUT2D eigenvalue weighted by Crippen LogP contribution is -2.40. The van der Waals surface area contributed by atoms with E-state index in [4.69, 9.17) is 17.0 Å². The van der Waals surface area contributed by atoms with Crippen LogP contribution in [0.4, 0.5) is 10.5 Å². The maximum Gasteiger partial charge on any atom is 0.319 e. The molecule has 7 nitrogen and oxygen atoms in total. The molecule has 0 aliphatic carbocycles. The summed E-state index contributed by atoms with van der Waals surface area (Å²) in [5.41, 5.74) is 1.70. The van der Waals surface area contributed by atoms with Gasteiger partial charge in [-0.05, 0) is 43.2 Å². The van der Waals surface area contributed by atoms with Gasteiger partial charge in [0.25, 0.3) is 5.91 Å². The second-order valence-electron chi connectivity index (χ2n) is 7.12. The van der Waals surface area contributed by atoms with Crippen LogP contribution in [0.3, 0.4) is 0 Å². The highest BCUT2D eigenvalue weighted by molar-refractivity contribution is 6.30. The normalized spacial score (nSPS) is 15.3. The Morgan fingerprint density at radius 1 is 1.18 bits per heavy atom. The molecular formula is C20H22ClN5O2. The number of anilines is 1. The minimum atomic E-state index is -0.753. The molecule has 146 valence electrons. The van der Waals surface area contributed by atoms with Crippen LogP contribution in [0.2, 0.25) is 5.02 Å². The fraction of sp³-hybridized carbons (Fsp3) is 0.250. The summed E-state index contributed by atoms with van der Waals surface area (Å²) in [7, 11) is 0. The number of amides is 3. The lowest BCUT2D eigenvalue weighted by atomic mass is 10.1. The number of carbonyl (C=O) groups is 2. The van der Waals surface area contributed by atoms with Crippen LogP contribution in [0.1, 0.15) is 25.0 Å². The molecule has 1 aliphatic heterocycles. The van der Waals surface area contributed by atoms with Crippen LogP contribution in [-0.4, -0.2) is 28.3 Å². The Bertz CT molecular complexity index is 911. The van der Waals surface area contributed by atoms with Gasteiger partial charge in [0.05, 0.1) is 6.54 Å². The van der Waals surface area contributed by atoms with Crippen molar-refractivity contribution in [2.45, 2.75) is 32.5 Å². The lowest BCUT2D eigenvalue weighted by molar-refractivity contribution is -0.130. The SMILES string of the molecule is CC1(C)NC(=N)N(Cc2ccc(CNC(=O)Nc3cccc(Cl)c3)cc2)C1=O. The molecule has 1 fully saturated rings. The third-order valence-corrected chi connectivity index (χ3v) is 4.61. The molecule has 0 saturated carbocycles. The zero-order chi connectivity index (χ0) is 20.3. The molecule has 0 atom stereocenters. The van der Waals surface area contributed by atoms with Crippen molar-refractivity contribution in [2.75, 3.05) is 5.32 Å². The Hall–Kier alpha value is -3.06. The van der Waals surface area contributed by atoms with Crippen LogP contribution in [0.5, 0.6) is 0 Å². The topological polar surface area (TPSA) is 97.3 Å². The van der Waals surface area contributed by atoms with E-state index in [1.807, 2.05) is 24.3 Å². The molecule has 0 bridgehead atoms. The smallest absolute Gasteiger partial charge is 0.319 e. The van der Waals surface area contributed by atoms with Gasteiger partial charge < -0.3 is 16.0 Å². The second kappa shape index (κ2) is 7.90. The molecular weight excluding hydrogens is 378 g/mol. The summed E-state index contributed by atoms with van der Waals surface area (Å²) in [6, 6.07) is 14.1. The number of guanidine groups is 1. The van der Waals surface area contributed by atoms with Crippen LogP contribution in [0.15, 0.2) is 48.5 Å². The molecule has 1 heterocycles. The van der Waals surface area contributed by atoms with Gasteiger partial charge in [-0.2, -0.15) is 0 Å². The molecule has 2 aromatic rings. The second-order valence-corrected chi connectivity index (χ2v) is 7.56. The first-order valence-corrected chi connectivity index (χ1v) is 9.19. The number of rotatable bonds is 5. The van der Waals surface area contributed by atoms with E-state index in [0.717, 1.165) is 11.1 Å². The van der Waals surface area contributed by atoms with Gasteiger partial charge in [-0.1, -0.05) is 41.9 Å². The summed E-state index contributed by atoms with van der Waals surface area (Å²) in [6.07, 6.45) is 0. The van der Waals surface area contributed by atoms with Crippen LogP contribution in [0, 0.1) is 5.41 Å². The van der Waals surface area contributed by atoms with E-state index in [9.17, 15) is 9.59 Å². The summed E-state index contributed by atoms with van der Waals surface area (Å²) in [4.78, 5) is 25.7. The molecule has 3 amide bonds. The quantitative estimate of drug-likeness (QED) is 0.620. The average molecular weight is 400 g/mol. The van der Waals surface area contributed by atoms with Gasteiger partial charge in [-0.25, -0.2) is 4.79 Å². The van der Waals surface area contributed by atoms with Crippen LogP contribution in [0.25, 0.3) is 0 Å². The van der Waals surface area contributed by atoms with Gasteiger partial charge in [-0.3, -0.25) is 15.1 Å². The monoisotopic (exact) mass is 399 g/mol. The first-order chi connectivity index (χ1) is 13.2. The van der Waals surface area contributed by atoms with E-state index in [-0.39, 0.29) is 17.9 Å². The van der Waals surface area contributed by atoms with E-state index in [1.54, 1.807) is 38.1 Å². The molecule has 0 aromatic heterocycles. The van der Waals surface area contributed by atoms with Crippen molar-refractivity contribution >= 4 is 35.2 Å². The summed E-state index contributed by atoms with van der Waals surface area (Å²) in [5, 5.41) is 16.9. The van der Waals surface area contributed by atoms with Crippen molar-refractivity contribution in [1.82, 2.24) is 15.5 Å². The highest BCUT2D eigenvalue weighted by atomic mass is 35.5. The highest BCUT2D eigenvalue weighted by Crippen LogP contribution is 2.19. The number of benzene rings is 2. The minimum absolute atomic E-state index is 0.110. The van der Waals surface area contributed by atoms with E-state index in [1.165, 1.54) is 4.90 Å². The van der Waals surface area contributed by atoms with Crippen LogP contribution < -0.4 is 16.0 Å². The fourth-order valence-electron chi connectivity index (χ4n) is 2.88. The molecule has 2 aromatic carbocycles. The standard InChI is InChI=1S/C20H22ClN5O2/c1-20(2)17(27)26(18(22)25-20)12-14-8-6-13(7-9-14)11-23-19(28)24-16-5-3-4-15(21)10-16/h3-10H,11-12H2,1-2H3,(H2,22,25)(H2,23,24,28). The van der Waals surface area contributed by atoms with Crippen molar-refractivity contribution in [2.24, 2.45) is 0 Å². The zero-order valence-electron chi connectivity index (χ0n) is 15.7. The molecule has 0 spiro atoms. The molecule has 0 unspecified atom stereocenters. The van der Waals surface area contributed by atoms with Crippen molar-refractivity contribution in [3.63, 3.8) is 0 Å². The molecule has 3 rings (SSSR count).